The summed E-state index contributed by atoms with van der Waals surface area (Å²) in [4.78, 5) is 13.9. The molecular weight excluding hydrogens is 176 g/mol. The van der Waals surface area contributed by atoms with Gasteiger partial charge in [-0.2, -0.15) is 0 Å². The van der Waals surface area contributed by atoms with Crippen LogP contribution >= 0.6 is 0 Å². The van der Waals surface area contributed by atoms with Crippen molar-refractivity contribution in [3.05, 3.63) is 0 Å². The van der Waals surface area contributed by atoms with Crippen molar-refractivity contribution in [2.75, 3.05) is 26.7 Å². The molecule has 1 heterocycles. The Morgan fingerprint density at radius 3 is 2.79 bits per heavy atom. The molecule has 1 aliphatic rings. The van der Waals surface area contributed by atoms with Crippen LogP contribution in [0.25, 0.3) is 0 Å². The predicted molar refractivity (Wildman–Crippen MR) is 58.1 cm³/mol. The highest BCUT2D eigenvalue weighted by atomic mass is 16.1. The standard InChI is InChI=1S/C11H22N2O/c1-3-13-8-5-4-6-10(7-9-13)11(14)12-2/h10H,3-9H2,1-2H3,(H,12,14). The van der Waals surface area contributed by atoms with Crippen molar-refractivity contribution in [2.45, 2.75) is 32.6 Å². The first-order valence-electron chi connectivity index (χ1n) is 5.72. The molecular formula is C11H22N2O. The van der Waals surface area contributed by atoms with Crippen molar-refractivity contribution in [1.29, 1.82) is 0 Å². The number of carbonyl (C=O) groups excluding carboxylic acids is 1. The van der Waals surface area contributed by atoms with Gasteiger partial charge in [0.15, 0.2) is 0 Å². The van der Waals surface area contributed by atoms with E-state index in [4.69, 9.17) is 0 Å². The minimum Gasteiger partial charge on any atom is -0.359 e. The Morgan fingerprint density at radius 1 is 1.36 bits per heavy atom. The first-order valence-corrected chi connectivity index (χ1v) is 5.72. The fraction of sp³-hybridized carbons (Fsp3) is 0.909. The fourth-order valence-corrected chi connectivity index (χ4v) is 2.10. The van der Waals surface area contributed by atoms with Gasteiger partial charge in [-0.15, -0.1) is 0 Å². The molecule has 0 aromatic carbocycles. The third-order valence-corrected chi connectivity index (χ3v) is 3.14. The Morgan fingerprint density at radius 2 is 2.14 bits per heavy atom. The van der Waals surface area contributed by atoms with Gasteiger partial charge in [0, 0.05) is 13.0 Å². The second kappa shape index (κ2) is 6.02. The second-order valence-electron chi connectivity index (χ2n) is 4.03. The molecule has 0 aromatic heterocycles. The Bertz CT molecular complexity index is 182. The van der Waals surface area contributed by atoms with Crippen LogP contribution in [0.5, 0.6) is 0 Å². The molecule has 1 amide bonds. The van der Waals surface area contributed by atoms with Crippen LogP contribution in [-0.4, -0.2) is 37.5 Å². The molecule has 3 heteroatoms. The number of hydrogen-bond donors (Lipinski definition) is 1. The second-order valence-corrected chi connectivity index (χ2v) is 4.03. The van der Waals surface area contributed by atoms with Gasteiger partial charge >= 0.3 is 0 Å². The summed E-state index contributed by atoms with van der Waals surface area (Å²) < 4.78 is 0. The van der Waals surface area contributed by atoms with E-state index in [1.165, 1.54) is 19.4 Å². The van der Waals surface area contributed by atoms with Gasteiger partial charge in [0.1, 0.15) is 0 Å². The largest absolute Gasteiger partial charge is 0.359 e. The first-order chi connectivity index (χ1) is 6.77. The number of nitrogens with zero attached hydrogens (tertiary/aromatic N) is 1. The summed E-state index contributed by atoms with van der Waals surface area (Å²) in [6.07, 6.45) is 4.51. The molecule has 1 aliphatic heterocycles. The van der Waals surface area contributed by atoms with Crippen LogP contribution in [0.15, 0.2) is 0 Å². The maximum absolute atomic E-state index is 11.5. The summed E-state index contributed by atoms with van der Waals surface area (Å²) in [7, 11) is 1.73. The molecule has 0 aliphatic carbocycles. The van der Waals surface area contributed by atoms with E-state index in [1.807, 2.05) is 0 Å². The SMILES string of the molecule is CCN1CCCCC(C(=O)NC)CC1. The van der Waals surface area contributed by atoms with Crippen LogP contribution in [0.4, 0.5) is 0 Å². The monoisotopic (exact) mass is 198 g/mol. The lowest BCUT2D eigenvalue weighted by atomic mass is 9.95. The fourth-order valence-electron chi connectivity index (χ4n) is 2.10. The maximum atomic E-state index is 11.5. The first kappa shape index (κ1) is 11.5. The lowest BCUT2D eigenvalue weighted by molar-refractivity contribution is -0.125. The molecule has 14 heavy (non-hydrogen) atoms. The normalized spacial score (nSPS) is 25.1. The summed E-state index contributed by atoms with van der Waals surface area (Å²) in [5.74, 6) is 0.470. The van der Waals surface area contributed by atoms with Crippen LogP contribution < -0.4 is 5.32 Å². The van der Waals surface area contributed by atoms with E-state index in [1.54, 1.807) is 7.05 Å². The van der Waals surface area contributed by atoms with Crippen LogP contribution in [0.1, 0.15) is 32.6 Å². The van der Waals surface area contributed by atoms with Crippen LogP contribution in [0, 0.1) is 5.92 Å². The van der Waals surface area contributed by atoms with Gasteiger partial charge < -0.3 is 10.2 Å². The van der Waals surface area contributed by atoms with E-state index >= 15 is 0 Å². The Kier molecular flexibility index (Phi) is 4.94. The highest BCUT2D eigenvalue weighted by Gasteiger charge is 2.19. The maximum Gasteiger partial charge on any atom is 0.222 e. The zero-order valence-electron chi connectivity index (χ0n) is 9.38. The highest BCUT2D eigenvalue weighted by molar-refractivity contribution is 5.78. The molecule has 0 radical (unpaired) electrons. The molecule has 1 unspecified atom stereocenters. The van der Waals surface area contributed by atoms with E-state index in [2.05, 4.69) is 17.1 Å². The van der Waals surface area contributed by atoms with Crippen molar-refractivity contribution in [3.63, 3.8) is 0 Å². The topological polar surface area (TPSA) is 32.3 Å². The van der Waals surface area contributed by atoms with Gasteiger partial charge in [0.2, 0.25) is 5.91 Å². The third-order valence-electron chi connectivity index (χ3n) is 3.14. The Hall–Kier alpha value is -0.570. The summed E-state index contributed by atoms with van der Waals surface area (Å²) in [6, 6.07) is 0. The summed E-state index contributed by atoms with van der Waals surface area (Å²) in [5.41, 5.74) is 0. The molecule has 1 N–H and O–H groups in total. The van der Waals surface area contributed by atoms with E-state index in [-0.39, 0.29) is 11.8 Å². The highest BCUT2D eigenvalue weighted by Crippen LogP contribution is 2.17. The van der Waals surface area contributed by atoms with Gasteiger partial charge in [-0.3, -0.25) is 4.79 Å². The molecule has 1 saturated heterocycles. The van der Waals surface area contributed by atoms with Gasteiger partial charge in [-0.1, -0.05) is 13.3 Å². The third kappa shape index (κ3) is 3.29. The summed E-state index contributed by atoms with van der Waals surface area (Å²) in [5, 5.41) is 2.76. The van der Waals surface area contributed by atoms with Crippen molar-refractivity contribution < 1.29 is 4.79 Å². The van der Waals surface area contributed by atoms with Gasteiger partial charge in [0.05, 0.1) is 0 Å². The molecule has 0 bridgehead atoms. The number of nitrogens with one attached hydrogen (secondary N) is 1. The van der Waals surface area contributed by atoms with Gasteiger partial charge in [0.25, 0.3) is 0 Å². The van der Waals surface area contributed by atoms with E-state index < -0.39 is 0 Å². The Labute approximate surface area is 86.9 Å². The zero-order chi connectivity index (χ0) is 10.4. The van der Waals surface area contributed by atoms with Gasteiger partial charge in [-0.25, -0.2) is 0 Å². The summed E-state index contributed by atoms with van der Waals surface area (Å²) in [6.45, 7) is 5.59. The van der Waals surface area contributed by atoms with E-state index in [9.17, 15) is 4.79 Å². The quantitative estimate of drug-likeness (QED) is 0.724. The lowest BCUT2D eigenvalue weighted by Gasteiger charge is -2.26. The van der Waals surface area contributed by atoms with E-state index in [0.717, 1.165) is 25.9 Å². The number of rotatable bonds is 2. The van der Waals surface area contributed by atoms with Crippen LogP contribution in [-0.2, 0) is 4.79 Å². The minimum absolute atomic E-state index is 0.225. The minimum atomic E-state index is 0.225. The van der Waals surface area contributed by atoms with Crippen molar-refractivity contribution >= 4 is 5.91 Å². The zero-order valence-corrected chi connectivity index (χ0v) is 9.38. The van der Waals surface area contributed by atoms with Crippen molar-refractivity contribution in [2.24, 2.45) is 5.92 Å². The molecule has 3 nitrogen and oxygen atoms in total. The number of likely N-dealkylation sites (tertiary alicyclic amines) is 1. The van der Waals surface area contributed by atoms with Crippen LogP contribution in [0.2, 0.25) is 0 Å². The molecule has 0 saturated carbocycles. The molecule has 0 aromatic rings. The average molecular weight is 198 g/mol. The lowest BCUT2D eigenvalue weighted by Crippen LogP contribution is -2.34. The summed E-state index contributed by atoms with van der Waals surface area (Å²) >= 11 is 0. The molecule has 1 fully saturated rings. The number of carbonyl (C=O) groups is 1. The smallest absolute Gasteiger partial charge is 0.222 e. The van der Waals surface area contributed by atoms with Crippen LogP contribution in [0.3, 0.4) is 0 Å². The molecule has 1 rings (SSSR count). The average Bonchev–Trinajstić information content (AvgIpc) is 2.17. The Balaban J connectivity index is 2.42. The van der Waals surface area contributed by atoms with Crippen molar-refractivity contribution in [3.8, 4) is 0 Å². The van der Waals surface area contributed by atoms with Crippen molar-refractivity contribution in [1.82, 2.24) is 10.2 Å². The van der Waals surface area contributed by atoms with E-state index in [0.29, 0.717) is 0 Å². The van der Waals surface area contributed by atoms with Gasteiger partial charge in [-0.05, 0) is 38.9 Å². The number of amides is 1. The molecule has 82 valence electrons. The number of hydrogen-bond acceptors (Lipinski definition) is 2. The molecule has 0 spiro atoms. The molecule has 1 atom stereocenters. The predicted octanol–water partition coefficient (Wildman–Crippen LogP) is 1.24.